The smallest absolute Gasteiger partial charge is 0.253 e. The largest absolute Gasteiger partial charge is 0.399 e. The predicted octanol–water partition coefficient (Wildman–Crippen LogP) is 4.18. The zero-order valence-electron chi connectivity index (χ0n) is 10.9. The van der Waals surface area contributed by atoms with Gasteiger partial charge in [-0.25, -0.2) is 0 Å². The molecule has 0 aliphatic heterocycles. The van der Waals surface area contributed by atoms with Crippen molar-refractivity contribution in [3.63, 3.8) is 0 Å². The Labute approximate surface area is 131 Å². The van der Waals surface area contributed by atoms with Gasteiger partial charge in [0, 0.05) is 10.2 Å². The Bertz CT molecular complexity index is 628. The van der Waals surface area contributed by atoms with E-state index in [2.05, 4.69) is 21.2 Å². The standard InChI is InChI=1S/C15H14BrClN2O/c1-9(10-2-4-11(16)5-3-10)19-15(20)13-8-12(18)6-7-14(13)17/h2-9H,18H2,1H3,(H,19,20). The second-order valence-electron chi connectivity index (χ2n) is 4.49. The molecule has 2 aromatic rings. The highest BCUT2D eigenvalue weighted by Crippen LogP contribution is 2.21. The van der Waals surface area contributed by atoms with Gasteiger partial charge in [-0.05, 0) is 42.8 Å². The summed E-state index contributed by atoms with van der Waals surface area (Å²) in [7, 11) is 0. The molecule has 1 amide bonds. The zero-order chi connectivity index (χ0) is 14.7. The van der Waals surface area contributed by atoms with Crippen LogP contribution >= 0.6 is 27.5 Å². The summed E-state index contributed by atoms with van der Waals surface area (Å²) in [5.41, 5.74) is 7.59. The van der Waals surface area contributed by atoms with Gasteiger partial charge in [0.15, 0.2) is 0 Å². The molecule has 3 nitrogen and oxygen atoms in total. The summed E-state index contributed by atoms with van der Waals surface area (Å²) in [5, 5.41) is 3.29. The van der Waals surface area contributed by atoms with Crippen molar-refractivity contribution in [2.45, 2.75) is 13.0 Å². The highest BCUT2D eigenvalue weighted by atomic mass is 79.9. The van der Waals surface area contributed by atoms with Gasteiger partial charge in [-0.2, -0.15) is 0 Å². The van der Waals surface area contributed by atoms with E-state index in [4.69, 9.17) is 17.3 Å². The maximum atomic E-state index is 12.2. The Morgan fingerprint density at radius 2 is 1.90 bits per heavy atom. The number of carbonyl (C=O) groups excluding carboxylic acids is 1. The van der Waals surface area contributed by atoms with Gasteiger partial charge < -0.3 is 11.1 Å². The van der Waals surface area contributed by atoms with Gasteiger partial charge >= 0.3 is 0 Å². The lowest BCUT2D eigenvalue weighted by molar-refractivity contribution is 0.0940. The summed E-state index contributed by atoms with van der Waals surface area (Å²) < 4.78 is 0.999. The number of nitrogens with two attached hydrogens (primary N) is 1. The molecule has 0 aliphatic rings. The Balaban J connectivity index is 2.15. The molecule has 104 valence electrons. The third-order valence-corrected chi connectivity index (χ3v) is 3.81. The van der Waals surface area contributed by atoms with Gasteiger partial charge in [0.1, 0.15) is 0 Å². The first-order chi connectivity index (χ1) is 9.47. The van der Waals surface area contributed by atoms with Crippen molar-refractivity contribution in [3.8, 4) is 0 Å². The topological polar surface area (TPSA) is 55.1 Å². The van der Waals surface area contributed by atoms with E-state index in [1.807, 2.05) is 31.2 Å². The molecule has 0 aliphatic carbocycles. The highest BCUT2D eigenvalue weighted by Gasteiger charge is 2.14. The molecule has 0 heterocycles. The number of nitrogen functional groups attached to an aromatic ring is 1. The number of anilines is 1. The summed E-state index contributed by atoms with van der Waals surface area (Å²) >= 11 is 9.40. The van der Waals surface area contributed by atoms with Gasteiger partial charge in [-0.3, -0.25) is 4.79 Å². The van der Waals surface area contributed by atoms with E-state index in [1.165, 1.54) is 0 Å². The first-order valence-electron chi connectivity index (χ1n) is 6.08. The van der Waals surface area contributed by atoms with E-state index >= 15 is 0 Å². The minimum atomic E-state index is -0.238. The maximum Gasteiger partial charge on any atom is 0.253 e. The molecule has 0 aromatic heterocycles. The summed E-state index contributed by atoms with van der Waals surface area (Å²) in [4.78, 5) is 12.2. The molecule has 0 bridgehead atoms. The molecular weight excluding hydrogens is 340 g/mol. The second-order valence-corrected chi connectivity index (χ2v) is 5.81. The molecule has 1 unspecified atom stereocenters. The summed E-state index contributed by atoms with van der Waals surface area (Å²) in [5.74, 6) is -0.238. The molecule has 0 radical (unpaired) electrons. The van der Waals surface area contributed by atoms with Gasteiger partial charge in [-0.1, -0.05) is 39.7 Å². The molecule has 3 N–H and O–H groups in total. The quantitative estimate of drug-likeness (QED) is 0.813. The Kier molecular flexibility index (Phi) is 4.68. The lowest BCUT2D eigenvalue weighted by atomic mass is 10.1. The van der Waals surface area contributed by atoms with E-state index in [-0.39, 0.29) is 11.9 Å². The Morgan fingerprint density at radius 3 is 2.55 bits per heavy atom. The average molecular weight is 354 g/mol. The van der Waals surface area contributed by atoms with Crippen LogP contribution in [0.4, 0.5) is 5.69 Å². The Hall–Kier alpha value is -1.52. The van der Waals surface area contributed by atoms with Gasteiger partial charge in [0.05, 0.1) is 16.6 Å². The molecule has 0 saturated carbocycles. The number of nitrogens with one attached hydrogen (secondary N) is 1. The van der Waals surface area contributed by atoms with Crippen LogP contribution in [-0.4, -0.2) is 5.91 Å². The van der Waals surface area contributed by atoms with Crippen LogP contribution in [0.3, 0.4) is 0 Å². The third kappa shape index (κ3) is 3.52. The lowest BCUT2D eigenvalue weighted by Gasteiger charge is -2.15. The highest BCUT2D eigenvalue weighted by molar-refractivity contribution is 9.10. The number of amides is 1. The van der Waals surface area contributed by atoms with Crippen molar-refractivity contribution in [1.82, 2.24) is 5.32 Å². The SMILES string of the molecule is CC(NC(=O)c1cc(N)ccc1Cl)c1ccc(Br)cc1. The fraction of sp³-hybridized carbons (Fsp3) is 0.133. The van der Waals surface area contributed by atoms with E-state index in [9.17, 15) is 4.79 Å². The summed E-state index contributed by atoms with van der Waals surface area (Å²) in [6.45, 7) is 1.92. The zero-order valence-corrected chi connectivity index (χ0v) is 13.2. The Morgan fingerprint density at radius 1 is 1.25 bits per heavy atom. The van der Waals surface area contributed by atoms with E-state index in [0.717, 1.165) is 10.0 Å². The average Bonchev–Trinajstić information content (AvgIpc) is 2.42. The van der Waals surface area contributed by atoms with Crippen molar-refractivity contribution in [3.05, 3.63) is 63.1 Å². The van der Waals surface area contributed by atoms with Crippen molar-refractivity contribution in [2.75, 3.05) is 5.73 Å². The number of hydrogen-bond donors (Lipinski definition) is 2. The van der Waals surface area contributed by atoms with Crippen LogP contribution in [0.5, 0.6) is 0 Å². The van der Waals surface area contributed by atoms with Crippen molar-refractivity contribution >= 4 is 39.1 Å². The molecule has 5 heteroatoms. The predicted molar refractivity (Wildman–Crippen MR) is 85.9 cm³/mol. The molecular formula is C15H14BrClN2O. The number of benzene rings is 2. The van der Waals surface area contributed by atoms with Crippen molar-refractivity contribution in [2.24, 2.45) is 0 Å². The maximum absolute atomic E-state index is 12.2. The van der Waals surface area contributed by atoms with Crippen LogP contribution in [-0.2, 0) is 0 Å². The van der Waals surface area contributed by atoms with E-state index < -0.39 is 0 Å². The van der Waals surface area contributed by atoms with E-state index in [1.54, 1.807) is 18.2 Å². The number of halogens is 2. The van der Waals surface area contributed by atoms with Crippen molar-refractivity contribution < 1.29 is 4.79 Å². The molecule has 20 heavy (non-hydrogen) atoms. The number of carbonyl (C=O) groups is 1. The first-order valence-corrected chi connectivity index (χ1v) is 7.26. The lowest BCUT2D eigenvalue weighted by Crippen LogP contribution is -2.27. The number of hydrogen-bond acceptors (Lipinski definition) is 2. The van der Waals surface area contributed by atoms with Gasteiger partial charge in [0.25, 0.3) is 5.91 Å². The summed E-state index contributed by atoms with van der Waals surface area (Å²) in [6.07, 6.45) is 0. The van der Waals surface area contributed by atoms with Crippen LogP contribution in [0.1, 0.15) is 28.9 Å². The van der Waals surface area contributed by atoms with Crippen LogP contribution < -0.4 is 11.1 Å². The second kappa shape index (κ2) is 6.29. The molecule has 2 aromatic carbocycles. The minimum Gasteiger partial charge on any atom is -0.399 e. The molecule has 0 fully saturated rings. The van der Waals surface area contributed by atoms with Crippen LogP contribution in [0.25, 0.3) is 0 Å². The van der Waals surface area contributed by atoms with Crippen LogP contribution in [0.2, 0.25) is 5.02 Å². The fourth-order valence-electron chi connectivity index (χ4n) is 1.83. The van der Waals surface area contributed by atoms with Gasteiger partial charge in [0.2, 0.25) is 0 Å². The van der Waals surface area contributed by atoms with Crippen LogP contribution in [0.15, 0.2) is 46.9 Å². The molecule has 1 atom stereocenters. The first kappa shape index (κ1) is 14.9. The molecule has 0 spiro atoms. The van der Waals surface area contributed by atoms with Crippen molar-refractivity contribution in [1.29, 1.82) is 0 Å². The fourth-order valence-corrected chi connectivity index (χ4v) is 2.29. The van der Waals surface area contributed by atoms with E-state index in [0.29, 0.717) is 16.3 Å². The summed E-state index contributed by atoms with van der Waals surface area (Å²) in [6, 6.07) is 12.5. The molecule has 0 saturated heterocycles. The number of rotatable bonds is 3. The normalized spacial score (nSPS) is 11.9. The third-order valence-electron chi connectivity index (χ3n) is 2.95. The minimum absolute atomic E-state index is 0.118. The monoisotopic (exact) mass is 352 g/mol. The molecule has 2 rings (SSSR count). The van der Waals surface area contributed by atoms with Gasteiger partial charge in [-0.15, -0.1) is 0 Å². The van der Waals surface area contributed by atoms with Crippen LogP contribution in [0, 0.1) is 0 Å².